The summed E-state index contributed by atoms with van der Waals surface area (Å²) in [7, 11) is 0. The van der Waals surface area contributed by atoms with E-state index in [4.69, 9.17) is 14.9 Å². The summed E-state index contributed by atoms with van der Waals surface area (Å²) in [5.41, 5.74) is -1.17. The van der Waals surface area contributed by atoms with Crippen LogP contribution in [0.1, 0.15) is 117 Å². The van der Waals surface area contributed by atoms with E-state index >= 15 is 0 Å². The number of hydrogen-bond donors (Lipinski definition) is 2. The molecule has 27 heavy (non-hydrogen) atoms. The highest BCUT2D eigenvalue weighted by molar-refractivity contribution is 5.76. The second kappa shape index (κ2) is 18.7. The van der Waals surface area contributed by atoms with Crippen LogP contribution in [0.3, 0.4) is 0 Å². The van der Waals surface area contributed by atoms with Gasteiger partial charge in [-0.25, -0.2) is 0 Å². The van der Waals surface area contributed by atoms with Gasteiger partial charge in [0.25, 0.3) is 0 Å². The first-order valence-electron chi connectivity index (χ1n) is 11.5. The predicted molar refractivity (Wildman–Crippen MR) is 113 cm³/mol. The highest BCUT2D eigenvalue weighted by Crippen LogP contribution is 2.17. The average Bonchev–Trinajstić information content (AvgIpc) is 2.69. The van der Waals surface area contributed by atoms with Gasteiger partial charge >= 0.3 is 5.97 Å². The number of carbonyl (C=O) groups excluding carboxylic acids is 1. The van der Waals surface area contributed by atoms with Gasteiger partial charge in [0, 0.05) is 0 Å². The molecule has 0 amide bonds. The summed E-state index contributed by atoms with van der Waals surface area (Å²) >= 11 is 0. The van der Waals surface area contributed by atoms with Gasteiger partial charge in [0.05, 0.1) is 19.8 Å². The highest BCUT2D eigenvalue weighted by atomic mass is 16.5. The molecule has 4 nitrogen and oxygen atoms in total. The van der Waals surface area contributed by atoms with Crippen LogP contribution >= 0.6 is 0 Å². The molecule has 4 heteroatoms. The van der Waals surface area contributed by atoms with Gasteiger partial charge in [-0.1, -0.05) is 103 Å². The van der Waals surface area contributed by atoms with E-state index < -0.39 is 11.4 Å². The predicted octanol–water partition coefficient (Wildman–Crippen LogP) is 5.78. The molecule has 0 fully saturated rings. The number of hydrogen-bond acceptors (Lipinski definition) is 4. The molecule has 0 aliphatic rings. The zero-order chi connectivity index (χ0) is 20.2. The van der Waals surface area contributed by atoms with Crippen LogP contribution in [0.2, 0.25) is 0 Å². The van der Waals surface area contributed by atoms with Crippen molar-refractivity contribution in [3.05, 3.63) is 0 Å². The minimum Gasteiger partial charge on any atom is -0.465 e. The Morgan fingerprint density at radius 3 is 1.33 bits per heavy atom. The van der Waals surface area contributed by atoms with Gasteiger partial charge in [0.1, 0.15) is 5.41 Å². The molecule has 0 spiro atoms. The number of rotatable bonds is 20. The first kappa shape index (κ1) is 26.4. The van der Waals surface area contributed by atoms with Crippen LogP contribution in [0.15, 0.2) is 0 Å². The Morgan fingerprint density at radius 2 is 1.00 bits per heavy atom. The molecule has 162 valence electrons. The molecule has 0 radical (unpaired) electrons. The summed E-state index contributed by atoms with van der Waals surface area (Å²) in [4.78, 5) is 11.7. The molecule has 0 aliphatic heterocycles. The molecule has 0 rings (SSSR count). The van der Waals surface area contributed by atoms with Crippen molar-refractivity contribution >= 4 is 5.97 Å². The van der Waals surface area contributed by atoms with E-state index in [1.54, 1.807) is 0 Å². The third kappa shape index (κ3) is 15.0. The third-order valence-corrected chi connectivity index (χ3v) is 5.42. The molecule has 0 heterocycles. The second-order valence-electron chi connectivity index (χ2n) is 8.32. The lowest BCUT2D eigenvalue weighted by Gasteiger charge is -2.22. The molecule has 0 aromatic carbocycles. The first-order valence-corrected chi connectivity index (χ1v) is 11.5. The van der Waals surface area contributed by atoms with Crippen molar-refractivity contribution in [1.29, 1.82) is 0 Å². The molecule has 2 N–H and O–H groups in total. The van der Waals surface area contributed by atoms with E-state index in [9.17, 15) is 4.79 Å². The molecule has 0 saturated heterocycles. The molecule has 0 bridgehead atoms. The SMILES string of the molecule is CCCCCCCCCCCCCCCCCCOC(=O)C(C)(CO)CO. The van der Waals surface area contributed by atoms with Crippen LogP contribution in [0.5, 0.6) is 0 Å². The highest BCUT2D eigenvalue weighted by Gasteiger charge is 2.33. The molecule has 0 unspecified atom stereocenters. The number of ether oxygens (including phenoxy) is 1. The molecule has 0 aromatic rings. The summed E-state index contributed by atoms with van der Waals surface area (Å²) in [5.74, 6) is -0.506. The Kier molecular flexibility index (Phi) is 18.3. The zero-order valence-electron chi connectivity index (χ0n) is 18.1. The van der Waals surface area contributed by atoms with Crippen molar-refractivity contribution in [2.24, 2.45) is 5.41 Å². The lowest BCUT2D eigenvalue weighted by Crippen LogP contribution is -2.37. The standard InChI is InChI=1S/C23H46O4/c1-3-4-5-6-7-8-9-10-11-12-13-14-15-16-17-18-19-27-22(26)23(2,20-24)21-25/h24-25H,3-21H2,1-2H3. The van der Waals surface area contributed by atoms with E-state index in [0.29, 0.717) is 6.61 Å². The van der Waals surface area contributed by atoms with Crippen molar-refractivity contribution in [2.75, 3.05) is 19.8 Å². The fourth-order valence-corrected chi connectivity index (χ4v) is 3.17. The minimum atomic E-state index is -1.17. The maximum atomic E-state index is 11.7. The minimum absolute atomic E-state index is 0.382. The molecular weight excluding hydrogens is 340 g/mol. The Hall–Kier alpha value is -0.610. The average molecular weight is 387 g/mol. The third-order valence-electron chi connectivity index (χ3n) is 5.42. The fraction of sp³-hybridized carbons (Fsp3) is 0.957. The van der Waals surface area contributed by atoms with Gasteiger partial charge in [-0.05, 0) is 13.3 Å². The summed E-state index contributed by atoms with van der Waals surface area (Å²) in [6.45, 7) is 3.39. The van der Waals surface area contributed by atoms with Gasteiger partial charge in [-0.3, -0.25) is 4.79 Å². The largest absolute Gasteiger partial charge is 0.465 e. The Morgan fingerprint density at radius 1 is 0.667 bits per heavy atom. The van der Waals surface area contributed by atoms with E-state index in [0.717, 1.165) is 12.8 Å². The maximum Gasteiger partial charge on any atom is 0.316 e. The summed E-state index contributed by atoms with van der Waals surface area (Å²) in [6, 6.07) is 0. The van der Waals surface area contributed by atoms with E-state index in [2.05, 4.69) is 6.92 Å². The zero-order valence-corrected chi connectivity index (χ0v) is 18.1. The first-order chi connectivity index (χ1) is 13.1. The number of aliphatic hydroxyl groups excluding tert-OH is 2. The van der Waals surface area contributed by atoms with Crippen molar-refractivity contribution in [3.63, 3.8) is 0 Å². The van der Waals surface area contributed by atoms with E-state index in [1.165, 1.54) is 96.8 Å². The van der Waals surface area contributed by atoms with E-state index in [-0.39, 0.29) is 13.2 Å². The lowest BCUT2D eigenvalue weighted by molar-refractivity contribution is -0.160. The van der Waals surface area contributed by atoms with Crippen LogP contribution in [0.25, 0.3) is 0 Å². The van der Waals surface area contributed by atoms with Gasteiger partial charge < -0.3 is 14.9 Å². The van der Waals surface area contributed by atoms with Crippen molar-refractivity contribution in [1.82, 2.24) is 0 Å². The van der Waals surface area contributed by atoms with Crippen molar-refractivity contribution < 1.29 is 19.7 Å². The number of carbonyl (C=O) groups is 1. The molecular formula is C23H46O4. The van der Waals surface area contributed by atoms with E-state index in [1.807, 2.05) is 0 Å². The van der Waals surface area contributed by atoms with Crippen LogP contribution in [-0.4, -0.2) is 36.0 Å². The number of esters is 1. The number of unbranched alkanes of at least 4 members (excludes halogenated alkanes) is 15. The summed E-state index contributed by atoms with van der Waals surface area (Å²) in [5, 5.41) is 18.3. The van der Waals surface area contributed by atoms with Gasteiger partial charge in [-0.15, -0.1) is 0 Å². The number of aliphatic hydroxyl groups is 2. The summed E-state index contributed by atoms with van der Waals surface area (Å²) < 4.78 is 5.15. The monoisotopic (exact) mass is 386 g/mol. The van der Waals surface area contributed by atoms with Crippen LogP contribution in [0, 0.1) is 5.41 Å². The Labute approximate surface area is 168 Å². The van der Waals surface area contributed by atoms with Crippen molar-refractivity contribution in [2.45, 2.75) is 117 Å². The van der Waals surface area contributed by atoms with Crippen LogP contribution in [0.4, 0.5) is 0 Å². The maximum absolute atomic E-state index is 11.7. The molecule has 0 saturated carbocycles. The normalized spacial score (nSPS) is 11.7. The Bertz CT molecular complexity index is 326. The lowest BCUT2D eigenvalue weighted by atomic mass is 9.93. The molecule has 0 aliphatic carbocycles. The van der Waals surface area contributed by atoms with Gasteiger partial charge in [-0.2, -0.15) is 0 Å². The van der Waals surface area contributed by atoms with Crippen LogP contribution in [-0.2, 0) is 9.53 Å². The fourth-order valence-electron chi connectivity index (χ4n) is 3.17. The quantitative estimate of drug-likeness (QED) is 0.205. The molecule has 0 atom stereocenters. The smallest absolute Gasteiger partial charge is 0.316 e. The molecule has 0 aromatic heterocycles. The second-order valence-corrected chi connectivity index (χ2v) is 8.32. The van der Waals surface area contributed by atoms with Gasteiger partial charge in [0.2, 0.25) is 0 Å². The topological polar surface area (TPSA) is 66.8 Å². The Balaban J connectivity index is 3.24. The van der Waals surface area contributed by atoms with Crippen molar-refractivity contribution in [3.8, 4) is 0 Å². The van der Waals surface area contributed by atoms with Crippen LogP contribution < -0.4 is 0 Å². The summed E-state index contributed by atoms with van der Waals surface area (Å²) in [6.07, 6.45) is 21.0. The van der Waals surface area contributed by atoms with Gasteiger partial charge in [0.15, 0.2) is 0 Å².